The second-order valence-electron chi connectivity index (χ2n) is 6.19. The fourth-order valence-corrected chi connectivity index (χ4v) is 4.04. The maximum absolute atomic E-state index is 3.55. The van der Waals surface area contributed by atoms with Crippen LogP contribution in [0.2, 0.25) is 0 Å². The maximum Gasteiger partial charge on any atom is 0.0375 e. The van der Waals surface area contributed by atoms with Crippen molar-refractivity contribution in [3.63, 3.8) is 0 Å². The molecule has 1 fully saturated rings. The number of anilines is 1. The lowest BCUT2D eigenvalue weighted by Crippen LogP contribution is -2.26. The number of hydrogen-bond donors (Lipinski definition) is 1. The highest BCUT2D eigenvalue weighted by Gasteiger charge is 2.29. The van der Waals surface area contributed by atoms with Crippen LogP contribution in [0.3, 0.4) is 0 Å². The third-order valence-corrected chi connectivity index (χ3v) is 5.43. The summed E-state index contributed by atoms with van der Waals surface area (Å²) in [5.41, 5.74) is 4.45. The summed E-state index contributed by atoms with van der Waals surface area (Å²) in [7, 11) is 0. The SMILES string of the molecule is c1csc(CN(Cc2cccc3c2CCCN3)C2CC2)c1. The smallest absolute Gasteiger partial charge is 0.0375 e. The zero-order chi connectivity index (χ0) is 14.1. The van der Waals surface area contributed by atoms with Crippen LogP contribution >= 0.6 is 11.3 Å². The first-order chi connectivity index (χ1) is 10.4. The Kier molecular flexibility index (Phi) is 3.70. The maximum atomic E-state index is 3.55. The average molecular weight is 298 g/mol. The topological polar surface area (TPSA) is 15.3 Å². The Hall–Kier alpha value is -1.32. The van der Waals surface area contributed by atoms with E-state index >= 15 is 0 Å². The average Bonchev–Trinajstić information content (AvgIpc) is 3.25. The standard InChI is InChI=1S/C18H22N2S/c1-4-14(17-6-2-10-19-18(17)7-1)12-20(15-8-9-15)13-16-5-3-11-21-16/h1,3-5,7,11,15,19H,2,6,8-10,12-13H2. The molecule has 0 bridgehead atoms. The fraction of sp³-hybridized carbons (Fsp3) is 0.444. The minimum absolute atomic E-state index is 0.805. The van der Waals surface area contributed by atoms with E-state index < -0.39 is 0 Å². The molecular formula is C18H22N2S. The lowest BCUT2D eigenvalue weighted by molar-refractivity contribution is 0.247. The van der Waals surface area contributed by atoms with Crippen LogP contribution in [0.4, 0.5) is 5.69 Å². The van der Waals surface area contributed by atoms with E-state index in [2.05, 4.69) is 45.9 Å². The van der Waals surface area contributed by atoms with Gasteiger partial charge in [-0.25, -0.2) is 0 Å². The Balaban J connectivity index is 1.55. The van der Waals surface area contributed by atoms with Gasteiger partial charge >= 0.3 is 0 Å². The molecular weight excluding hydrogens is 276 g/mol. The number of hydrogen-bond acceptors (Lipinski definition) is 3. The van der Waals surface area contributed by atoms with Gasteiger partial charge in [-0.3, -0.25) is 4.90 Å². The van der Waals surface area contributed by atoms with Crippen LogP contribution in [-0.4, -0.2) is 17.5 Å². The molecule has 2 nitrogen and oxygen atoms in total. The van der Waals surface area contributed by atoms with Crippen LogP contribution in [0.25, 0.3) is 0 Å². The first-order valence-electron chi connectivity index (χ1n) is 8.01. The first-order valence-corrected chi connectivity index (χ1v) is 8.89. The molecule has 4 rings (SSSR count). The largest absolute Gasteiger partial charge is 0.385 e. The predicted molar refractivity (Wildman–Crippen MR) is 89.8 cm³/mol. The van der Waals surface area contributed by atoms with Gasteiger partial charge in [0.05, 0.1) is 0 Å². The summed E-state index contributed by atoms with van der Waals surface area (Å²) >= 11 is 1.88. The number of thiophene rings is 1. The van der Waals surface area contributed by atoms with Crippen LogP contribution < -0.4 is 5.32 Å². The van der Waals surface area contributed by atoms with Gasteiger partial charge in [-0.1, -0.05) is 18.2 Å². The van der Waals surface area contributed by atoms with Crippen molar-refractivity contribution in [2.75, 3.05) is 11.9 Å². The molecule has 1 saturated carbocycles. The number of benzene rings is 1. The second kappa shape index (κ2) is 5.82. The molecule has 2 heterocycles. The molecule has 1 aliphatic carbocycles. The number of nitrogens with zero attached hydrogens (tertiary/aromatic N) is 1. The zero-order valence-corrected chi connectivity index (χ0v) is 13.2. The molecule has 0 spiro atoms. The van der Waals surface area contributed by atoms with Gasteiger partial charge in [0.1, 0.15) is 0 Å². The fourth-order valence-electron chi connectivity index (χ4n) is 3.31. The van der Waals surface area contributed by atoms with Gasteiger partial charge in [-0.15, -0.1) is 11.3 Å². The molecule has 1 aromatic carbocycles. The van der Waals surface area contributed by atoms with E-state index in [9.17, 15) is 0 Å². The van der Waals surface area contributed by atoms with E-state index in [1.165, 1.54) is 41.8 Å². The number of rotatable bonds is 5. The molecule has 0 unspecified atom stereocenters. The number of nitrogens with one attached hydrogen (secondary N) is 1. The van der Waals surface area contributed by atoms with Crippen LogP contribution in [-0.2, 0) is 19.5 Å². The molecule has 0 amide bonds. The van der Waals surface area contributed by atoms with Crippen LogP contribution in [0.5, 0.6) is 0 Å². The van der Waals surface area contributed by atoms with Crippen molar-refractivity contribution in [3.05, 3.63) is 51.7 Å². The zero-order valence-electron chi connectivity index (χ0n) is 12.3. The molecule has 3 heteroatoms. The predicted octanol–water partition coefficient (Wildman–Crippen LogP) is 4.27. The summed E-state index contributed by atoms with van der Waals surface area (Å²) in [5, 5.41) is 5.74. The highest BCUT2D eigenvalue weighted by Crippen LogP contribution is 2.33. The third kappa shape index (κ3) is 2.99. The van der Waals surface area contributed by atoms with Gasteiger partial charge in [0.15, 0.2) is 0 Å². The Morgan fingerprint density at radius 1 is 1.14 bits per heavy atom. The van der Waals surface area contributed by atoms with Crippen molar-refractivity contribution in [1.29, 1.82) is 0 Å². The van der Waals surface area contributed by atoms with Gasteiger partial charge < -0.3 is 5.32 Å². The Morgan fingerprint density at radius 3 is 2.90 bits per heavy atom. The monoisotopic (exact) mass is 298 g/mol. The van der Waals surface area contributed by atoms with Gasteiger partial charge in [-0.2, -0.15) is 0 Å². The van der Waals surface area contributed by atoms with Gasteiger partial charge in [0.25, 0.3) is 0 Å². The van der Waals surface area contributed by atoms with Crippen molar-refractivity contribution >= 4 is 17.0 Å². The Bertz CT molecular complexity index is 602. The summed E-state index contributed by atoms with van der Waals surface area (Å²) < 4.78 is 0. The van der Waals surface area contributed by atoms with E-state index in [-0.39, 0.29) is 0 Å². The summed E-state index contributed by atoms with van der Waals surface area (Å²) in [4.78, 5) is 4.17. The molecule has 2 aliphatic rings. The second-order valence-corrected chi connectivity index (χ2v) is 7.22. The van der Waals surface area contributed by atoms with E-state index in [0.717, 1.165) is 25.7 Å². The molecule has 110 valence electrons. The van der Waals surface area contributed by atoms with Crippen molar-refractivity contribution in [2.45, 2.75) is 44.8 Å². The highest BCUT2D eigenvalue weighted by molar-refractivity contribution is 7.09. The Labute approximate surface area is 130 Å². The van der Waals surface area contributed by atoms with E-state index in [1.807, 2.05) is 11.3 Å². The first kappa shape index (κ1) is 13.4. The van der Waals surface area contributed by atoms with Crippen molar-refractivity contribution < 1.29 is 0 Å². The van der Waals surface area contributed by atoms with Crippen molar-refractivity contribution in [3.8, 4) is 0 Å². The van der Waals surface area contributed by atoms with Crippen LogP contribution in [0.1, 0.15) is 35.3 Å². The summed E-state index contributed by atoms with van der Waals surface area (Å²) in [6.45, 7) is 3.34. The molecule has 21 heavy (non-hydrogen) atoms. The van der Waals surface area contributed by atoms with E-state index in [4.69, 9.17) is 0 Å². The van der Waals surface area contributed by atoms with Crippen molar-refractivity contribution in [2.24, 2.45) is 0 Å². The Morgan fingerprint density at radius 2 is 2.10 bits per heavy atom. The van der Waals surface area contributed by atoms with Gasteiger partial charge in [0, 0.05) is 36.2 Å². The van der Waals surface area contributed by atoms with E-state index in [1.54, 1.807) is 5.56 Å². The highest BCUT2D eigenvalue weighted by atomic mass is 32.1. The lowest BCUT2D eigenvalue weighted by atomic mass is 9.97. The van der Waals surface area contributed by atoms with Crippen molar-refractivity contribution in [1.82, 2.24) is 4.90 Å². The van der Waals surface area contributed by atoms with Gasteiger partial charge in [0.2, 0.25) is 0 Å². The molecule has 1 N–H and O–H groups in total. The molecule has 1 aliphatic heterocycles. The molecule has 1 aromatic heterocycles. The minimum atomic E-state index is 0.805. The van der Waals surface area contributed by atoms with Crippen LogP contribution in [0, 0.1) is 0 Å². The molecule has 0 atom stereocenters. The van der Waals surface area contributed by atoms with Crippen LogP contribution in [0.15, 0.2) is 35.7 Å². The lowest BCUT2D eigenvalue weighted by Gasteiger charge is -2.26. The van der Waals surface area contributed by atoms with E-state index in [0.29, 0.717) is 0 Å². The number of fused-ring (bicyclic) bond motifs is 1. The molecule has 0 radical (unpaired) electrons. The third-order valence-electron chi connectivity index (χ3n) is 4.57. The molecule has 0 saturated heterocycles. The summed E-state index contributed by atoms with van der Waals surface area (Å²) in [5.74, 6) is 0. The van der Waals surface area contributed by atoms with Gasteiger partial charge in [-0.05, 0) is 54.3 Å². The summed E-state index contributed by atoms with van der Waals surface area (Å²) in [6.07, 6.45) is 5.24. The normalized spacial score (nSPS) is 17.6. The minimum Gasteiger partial charge on any atom is -0.385 e. The molecule has 2 aromatic rings. The quantitative estimate of drug-likeness (QED) is 0.886. The summed E-state index contributed by atoms with van der Waals surface area (Å²) in [6, 6.07) is 12.0.